The summed E-state index contributed by atoms with van der Waals surface area (Å²) >= 11 is 0. The minimum atomic E-state index is -5.11. The molecule has 3 aromatic rings. The number of hydrogen-bond donors (Lipinski definition) is 2. The highest BCUT2D eigenvalue weighted by atomic mass is 19.4. The van der Waals surface area contributed by atoms with Crippen LogP contribution in [0.1, 0.15) is 112 Å². The number of amides is 1. The van der Waals surface area contributed by atoms with Crippen LogP contribution in [0.4, 0.5) is 30.7 Å². The minimum Gasteiger partial charge on any atom is -0.490 e. The van der Waals surface area contributed by atoms with Crippen molar-refractivity contribution in [1.82, 2.24) is 24.8 Å². The van der Waals surface area contributed by atoms with Crippen LogP contribution >= 0.6 is 0 Å². The van der Waals surface area contributed by atoms with E-state index in [4.69, 9.17) is 4.74 Å². The number of benzene rings is 1. The molecule has 56 heavy (non-hydrogen) atoms. The zero-order valence-electron chi connectivity index (χ0n) is 31.1. The molecule has 2 aromatic heterocycles. The molecular weight excluding hydrogens is 747 g/mol. The van der Waals surface area contributed by atoms with Gasteiger partial charge in [-0.05, 0) is 94.1 Å². The van der Waals surface area contributed by atoms with Gasteiger partial charge in [0.15, 0.2) is 11.5 Å². The number of carboxylic acid groups (broad SMARTS) is 1. The summed E-state index contributed by atoms with van der Waals surface area (Å²) in [5.74, 6) is -7.91. The summed E-state index contributed by atoms with van der Waals surface area (Å²) in [6.45, 7) is 1.55. The van der Waals surface area contributed by atoms with E-state index < -0.39 is 58.7 Å². The van der Waals surface area contributed by atoms with E-state index >= 15 is 0 Å². The third kappa shape index (κ3) is 7.34. The van der Waals surface area contributed by atoms with Gasteiger partial charge in [0.2, 0.25) is 5.92 Å². The summed E-state index contributed by atoms with van der Waals surface area (Å²) in [6.07, 6.45) is 2.20. The quantitative estimate of drug-likeness (QED) is 0.208. The topological polar surface area (TPSA) is 110 Å². The fourth-order valence-electron chi connectivity index (χ4n) is 10.3. The lowest BCUT2D eigenvalue weighted by atomic mass is 9.76. The first kappa shape index (κ1) is 38.9. The van der Waals surface area contributed by atoms with Gasteiger partial charge in [-0.3, -0.25) is 9.69 Å². The molecular formula is C40H46F7N5O4. The highest BCUT2D eigenvalue weighted by molar-refractivity contribution is 6.00. The number of rotatable bonds is 9. The van der Waals surface area contributed by atoms with Crippen LogP contribution in [0.15, 0.2) is 30.6 Å². The Morgan fingerprint density at radius 3 is 2.32 bits per heavy atom. The third-order valence-electron chi connectivity index (χ3n) is 13.3. The van der Waals surface area contributed by atoms with Crippen molar-refractivity contribution in [1.29, 1.82) is 0 Å². The number of halogens is 7. The molecule has 4 atom stereocenters. The molecule has 2 bridgehead atoms. The Hall–Kier alpha value is -3.95. The van der Waals surface area contributed by atoms with Gasteiger partial charge in [-0.15, -0.1) is 0 Å². The van der Waals surface area contributed by atoms with Gasteiger partial charge in [-0.1, -0.05) is 13.3 Å². The largest absolute Gasteiger partial charge is 0.490 e. The predicted molar refractivity (Wildman–Crippen MR) is 191 cm³/mol. The molecule has 0 spiro atoms. The number of carbonyl (C=O) groups excluding carboxylic acids is 1. The number of nitrogens with one attached hydrogen (secondary N) is 1. The first-order valence-electron chi connectivity index (χ1n) is 19.7. The summed E-state index contributed by atoms with van der Waals surface area (Å²) in [4.78, 5) is 36.3. The van der Waals surface area contributed by atoms with Gasteiger partial charge in [0, 0.05) is 54.3 Å². The van der Waals surface area contributed by atoms with Crippen LogP contribution < -0.4 is 10.1 Å². The maximum Gasteiger partial charge on any atom is 0.434 e. The van der Waals surface area contributed by atoms with Gasteiger partial charge >= 0.3 is 12.1 Å². The molecule has 1 aromatic carbocycles. The fourth-order valence-corrected chi connectivity index (χ4v) is 10.3. The van der Waals surface area contributed by atoms with Crippen molar-refractivity contribution in [3.05, 3.63) is 41.9 Å². The molecule has 5 fully saturated rings. The van der Waals surface area contributed by atoms with E-state index in [2.05, 4.69) is 15.3 Å². The molecule has 0 radical (unpaired) electrons. The maximum atomic E-state index is 14.8. The number of nitrogens with zero attached hydrogens (tertiary/aromatic N) is 4. The first-order chi connectivity index (χ1) is 26.4. The van der Waals surface area contributed by atoms with E-state index in [-0.39, 0.29) is 80.6 Å². The number of fused-ring (bicyclic) bond motifs is 3. The third-order valence-corrected chi connectivity index (χ3v) is 13.3. The molecule has 16 heteroatoms. The lowest BCUT2D eigenvalue weighted by Crippen LogP contribution is -2.60. The predicted octanol–water partition coefficient (Wildman–Crippen LogP) is 8.91. The number of aromatic nitrogens is 3. The minimum absolute atomic E-state index is 0.0398. The van der Waals surface area contributed by atoms with Crippen LogP contribution in [0.2, 0.25) is 0 Å². The molecule has 1 amide bonds. The van der Waals surface area contributed by atoms with Crippen molar-refractivity contribution in [2.24, 2.45) is 17.8 Å². The second-order valence-corrected chi connectivity index (χ2v) is 17.0. The molecule has 304 valence electrons. The zero-order chi connectivity index (χ0) is 39.8. The van der Waals surface area contributed by atoms with Crippen LogP contribution in [0.3, 0.4) is 0 Å². The SMILES string of the molecule is CCC1CC2CC(C1)C(NC(=O)c1cnc(-c3cn(C4CCC(F)(F)CC4)c4cc(O[C@H]5CC[C@H](N6CC(F)(F)C6)CC5)ccc34)nc1C(F)(F)F)(C(=O)O)C2. The van der Waals surface area contributed by atoms with Crippen LogP contribution in [0.25, 0.3) is 22.3 Å². The standard InChI is InChI=1S/C40H46F7N5O4/c1-2-22-13-23-15-24(14-22)39(17-23,36(54)55)50-35(53)30-18-48-34(49-33(30)40(45,46)47)31-19-52(26-9-11-37(41,42)12-10-26)32-16-28(7-8-29(31)32)56-27-5-3-25(4-6-27)51-20-38(43,44)21-51/h7-8,16,18-19,22-27H,2-6,9-15,17,20-21H2,1H3,(H,50,53)(H,54,55)/t22?,23?,24?,25-,27-,39?. The van der Waals surface area contributed by atoms with Gasteiger partial charge in [-0.2, -0.15) is 13.2 Å². The maximum absolute atomic E-state index is 14.8. The number of aliphatic carboxylic acids is 1. The molecule has 3 heterocycles. The highest BCUT2D eigenvalue weighted by Crippen LogP contribution is 2.52. The normalized spacial score (nSPS) is 30.5. The lowest BCUT2D eigenvalue weighted by molar-refractivity contribution is -0.151. The molecule has 4 unspecified atom stereocenters. The highest BCUT2D eigenvalue weighted by Gasteiger charge is 2.57. The van der Waals surface area contributed by atoms with Gasteiger partial charge < -0.3 is 19.7 Å². The Morgan fingerprint density at radius 2 is 1.68 bits per heavy atom. The summed E-state index contributed by atoms with van der Waals surface area (Å²) in [5, 5.41) is 13.3. The Bertz CT molecular complexity index is 1980. The Kier molecular flexibility index (Phi) is 9.83. The summed E-state index contributed by atoms with van der Waals surface area (Å²) in [7, 11) is 0. The van der Waals surface area contributed by atoms with Gasteiger partial charge in [0.05, 0.1) is 30.3 Å². The Balaban J connectivity index is 1.09. The van der Waals surface area contributed by atoms with Crippen molar-refractivity contribution in [3.63, 3.8) is 0 Å². The van der Waals surface area contributed by atoms with E-state index in [1.807, 2.05) is 6.92 Å². The van der Waals surface area contributed by atoms with Crippen molar-refractivity contribution < 1.29 is 50.2 Å². The van der Waals surface area contributed by atoms with Crippen LogP contribution in [0, 0.1) is 17.8 Å². The molecule has 8 rings (SSSR count). The number of carboxylic acids is 1. The van der Waals surface area contributed by atoms with Gasteiger partial charge in [0.1, 0.15) is 11.3 Å². The number of ether oxygens (including phenoxy) is 1. The molecule has 9 nitrogen and oxygen atoms in total. The smallest absolute Gasteiger partial charge is 0.434 e. The second-order valence-electron chi connectivity index (χ2n) is 17.0. The van der Waals surface area contributed by atoms with Gasteiger partial charge in [-0.25, -0.2) is 32.3 Å². The van der Waals surface area contributed by atoms with E-state index in [0.29, 0.717) is 55.2 Å². The van der Waals surface area contributed by atoms with Crippen molar-refractivity contribution in [3.8, 4) is 17.1 Å². The molecule has 1 saturated heterocycles. The Morgan fingerprint density at radius 1 is 0.964 bits per heavy atom. The van der Waals surface area contributed by atoms with Crippen molar-refractivity contribution >= 4 is 22.8 Å². The molecule has 5 aliphatic rings. The summed E-state index contributed by atoms with van der Waals surface area (Å²) in [6, 6.07) is 4.73. The summed E-state index contributed by atoms with van der Waals surface area (Å²) in [5.41, 5.74) is -3.37. The van der Waals surface area contributed by atoms with Crippen LogP contribution in [-0.4, -0.2) is 79.0 Å². The zero-order valence-corrected chi connectivity index (χ0v) is 31.1. The number of hydrogen-bond acceptors (Lipinski definition) is 6. The molecule has 2 N–H and O–H groups in total. The average Bonchev–Trinajstić information content (AvgIpc) is 3.63. The van der Waals surface area contributed by atoms with Gasteiger partial charge in [0.25, 0.3) is 11.8 Å². The van der Waals surface area contributed by atoms with E-state index in [9.17, 15) is 45.4 Å². The van der Waals surface area contributed by atoms with E-state index in [1.165, 1.54) is 0 Å². The molecule has 4 aliphatic carbocycles. The number of carbonyl (C=O) groups is 2. The first-order valence-corrected chi connectivity index (χ1v) is 19.7. The molecule has 1 aliphatic heterocycles. The summed E-state index contributed by atoms with van der Waals surface area (Å²) < 4.78 is 108. The fraction of sp³-hybridized carbons (Fsp3) is 0.650. The number of alkyl halides is 7. The lowest BCUT2D eigenvalue weighted by Gasteiger charge is -2.46. The van der Waals surface area contributed by atoms with Crippen LogP contribution in [-0.2, 0) is 11.0 Å². The molecule has 4 saturated carbocycles. The number of likely N-dealkylation sites (tertiary alicyclic amines) is 1. The van der Waals surface area contributed by atoms with Crippen LogP contribution in [0.5, 0.6) is 5.75 Å². The van der Waals surface area contributed by atoms with Crippen molar-refractivity contribution in [2.75, 3.05) is 13.1 Å². The Labute approximate surface area is 319 Å². The second kappa shape index (κ2) is 14.2. The average molecular weight is 794 g/mol. The van der Waals surface area contributed by atoms with E-state index in [0.717, 1.165) is 19.0 Å². The van der Waals surface area contributed by atoms with Crippen molar-refractivity contribution in [2.45, 2.75) is 132 Å². The van der Waals surface area contributed by atoms with E-state index in [1.54, 1.807) is 33.9 Å². The monoisotopic (exact) mass is 793 g/mol.